The van der Waals surface area contributed by atoms with Crippen LogP contribution in [0, 0.1) is 0 Å². The smallest absolute Gasteiger partial charge is 0.310 e. The van der Waals surface area contributed by atoms with Gasteiger partial charge in [0.2, 0.25) is 0 Å². The first kappa shape index (κ1) is 16.6. The van der Waals surface area contributed by atoms with Crippen LogP contribution in [0.1, 0.15) is 30.0 Å². The fraction of sp³-hybridized carbons (Fsp3) is 0.333. The summed E-state index contributed by atoms with van der Waals surface area (Å²) in [5.74, 6) is 0. The Kier molecular flexibility index (Phi) is 5.61. The maximum Gasteiger partial charge on any atom is 0.416 e. The molecular formula is C18H20F3N. The van der Waals surface area contributed by atoms with Crippen LogP contribution in [-0.2, 0) is 19.1 Å². The molecule has 0 heterocycles. The minimum atomic E-state index is -4.30. The molecule has 2 rings (SSSR count). The van der Waals surface area contributed by atoms with E-state index in [0.29, 0.717) is 5.56 Å². The lowest BCUT2D eigenvalue weighted by Crippen LogP contribution is -2.27. The predicted molar refractivity (Wildman–Crippen MR) is 82.5 cm³/mol. The van der Waals surface area contributed by atoms with Crippen molar-refractivity contribution < 1.29 is 13.2 Å². The Hall–Kier alpha value is -1.81. The van der Waals surface area contributed by atoms with E-state index in [9.17, 15) is 13.2 Å². The highest BCUT2D eigenvalue weighted by Gasteiger charge is 2.32. The number of alkyl halides is 3. The molecule has 0 saturated carbocycles. The molecule has 0 saturated heterocycles. The molecule has 1 N–H and O–H groups in total. The maximum atomic E-state index is 12.9. The van der Waals surface area contributed by atoms with Gasteiger partial charge in [0.25, 0.3) is 0 Å². The summed E-state index contributed by atoms with van der Waals surface area (Å²) in [6, 6.07) is 16.0. The maximum absolute atomic E-state index is 12.9. The van der Waals surface area contributed by atoms with E-state index in [1.807, 2.05) is 25.1 Å². The summed E-state index contributed by atoms with van der Waals surface area (Å²) in [5, 5.41) is 3.18. The topological polar surface area (TPSA) is 12.0 Å². The van der Waals surface area contributed by atoms with Crippen LogP contribution in [0.2, 0.25) is 0 Å². The third-order valence-electron chi connectivity index (χ3n) is 3.67. The van der Waals surface area contributed by atoms with Crippen LogP contribution in [0.5, 0.6) is 0 Å². The van der Waals surface area contributed by atoms with Crippen molar-refractivity contribution in [3.63, 3.8) is 0 Å². The van der Waals surface area contributed by atoms with Crippen molar-refractivity contribution >= 4 is 0 Å². The number of halogens is 3. The zero-order valence-corrected chi connectivity index (χ0v) is 12.5. The molecule has 0 aliphatic carbocycles. The molecule has 0 fully saturated rings. The fourth-order valence-electron chi connectivity index (χ4n) is 2.37. The van der Waals surface area contributed by atoms with E-state index >= 15 is 0 Å². The van der Waals surface area contributed by atoms with Gasteiger partial charge in [0, 0.05) is 12.6 Å². The second-order valence-corrected chi connectivity index (χ2v) is 5.46. The van der Waals surface area contributed by atoms with Gasteiger partial charge in [0.15, 0.2) is 0 Å². The highest BCUT2D eigenvalue weighted by atomic mass is 19.4. The van der Waals surface area contributed by atoms with Crippen LogP contribution in [0.15, 0.2) is 54.6 Å². The summed E-state index contributed by atoms with van der Waals surface area (Å²) >= 11 is 0. The lowest BCUT2D eigenvalue weighted by molar-refractivity contribution is -0.138. The number of nitrogens with one attached hydrogen (secondary N) is 1. The fourth-order valence-corrected chi connectivity index (χ4v) is 2.37. The van der Waals surface area contributed by atoms with Gasteiger partial charge in [-0.05, 0) is 37.0 Å². The number of hydrogen-bond acceptors (Lipinski definition) is 1. The van der Waals surface area contributed by atoms with E-state index < -0.39 is 11.7 Å². The van der Waals surface area contributed by atoms with Gasteiger partial charge in [-0.2, -0.15) is 13.2 Å². The third-order valence-corrected chi connectivity index (χ3v) is 3.67. The molecular weight excluding hydrogens is 287 g/mol. The summed E-state index contributed by atoms with van der Waals surface area (Å²) < 4.78 is 38.7. The quantitative estimate of drug-likeness (QED) is 0.807. The predicted octanol–water partition coefficient (Wildman–Crippen LogP) is 4.82. The summed E-state index contributed by atoms with van der Waals surface area (Å²) in [6.07, 6.45) is -2.50. The molecule has 0 aliphatic heterocycles. The minimum Gasteiger partial charge on any atom is -0.310 e. The van der Waals surface area contributed by atoms with Crippen LogP contribution in [0.3, 0.4) is 0 Å². The monoisotopic (exact) mass is 307 g/mol. The van der Waals surface area contributed by atoms with Gasteiger partial charge < -0.3 is 5.32 Å². The molecule has 0 aromatic heterocycles. The standard InChI is InChI=1S/C18H20F3N/c1-14(11-12-15-7-3-2-4-8-15)22-13-16-9-5-6-10-17(16)18(19,20)21/h2-10,14,22H,11-13H2,1H3/t14-/m1/s1. The lowest BCUT2D eigenvalue weighted by Gasteiger charge is -2.17. The Morgan fingerprint density at radius 2 is 1.59 bits per heavy atom. The highest BCUT2D eigenvalue weighted by Crippen LogP contribution is 2.31. The van der Waals surface area contributed by atoms with Gasteiger partial charge in [-0.1, -0.05) is 48.5 Å². The van der Waals surface area contributed by atoms with E-state index in [1.165, 1.54) is 17.7 Å². The van der Waals surface area contributed by atoms with Crippen molar-refractivity contribution in [3.05, 3.63) is 71.3 Å². The molecule has 2 aromatic rings. The zero-order valence-electron chi connectivity index (χ0n) is 12.5. The first-order valence-corrected chi connectivity index (χ1v) is 7.39. The molecule has 0 aliphatic rings. The van der Waals surface area contributed by atoms with Crippen molar-refractivity contribution in [2.75, 3.05) is 0 Å². The lowest BCUT2D eigenvalue weighted by atomic mass is 10.0. The van der Waals surface area contributed by atoms with E-state index in [0.717, 1.165) is 18.9 Å². The van der Waals surface area contributed by atoms with Crippen LogP contribution in [-0.4, -0.2) is 6.04 Å². The number of aryl methyl sites for hydroxylation is 1. The van der Waals surface area contributed by atoms with E-state index in [4.69, 9.17) is 0 Å². The Labute approximate surface area is 129 Å². The second kappa shape index (κ2) is 7.45. The summed E-state index contributed by atoms with van der Waals surface area (Å²) in [4.78, 5) is 0. The molecule has 0 spiro atoms. The third kappa shape index (κ3) is 4.88. The van der Waals surface area contributed by atoms with Crippen molar-refractivity contribution in [1.82, 2.24) is 5.32 Å². The minimum absolute atomic E-state index is 0.154. The van der Waals surface area contributed by atoms with Crippen LogP contribution in [0.4, 0.5) is 13.2 Å². The molecule has 2 aromatic carbocycles. The highest BCUT2D eigenvalue weighted by molar-refractivity contribution is 5.29. The van der Waals surface area contributed by atoms with Crippen molar-refractivity contribution in [1.29, 1.82) is 0 Å². The van der Waals surface area contributed by atoms with Crippen LogP contribution >= 0.6 is 0 Å². The zero-order chi connectivity index (χ0) is 16.0. The average Bonchev–Trinajstić information content (AvgIpc) is 2.51. The largest absolute Gasteiger partial charge is 0.416 e. The molecule has 0 unspecified atom stereocenters. The van der Waals surface area contributed by atoms with Gasteiger partial charge in [-0.25, -0.2) is 0 Å². The van der Waals surface area contributed by atoms with Gasteiger partial charge >= 0.3 is 6.18 Å². The molecule has 1 atom stereocenters. The van der Waals surface area contributed by atoms with Crippen molar-refractivity contribution in [3.8, 4) is 0 Å². The molecule has 118 valence electrons. The van der Waals surface area contributed by atoms with E-state index in [-0.39, 0.29) is 12.6 Å². The first-order valence-electron chi connectivity index (χ1n) is 7.39. The number of hydrogen-bond donors (Lipinski definition) is 1. The molecule has 22 heavy (non-hydrogen) atoms. The Morgan fingerprint density at radius 3 is 2.27 bits per heavy atom. The summed E-state index contributed by atoms with van der Waals surface area (Å²) in [5.41, 5.74) is 0.978. The van der Waals surface area contributed by atoms with Crippen LogP contribution in [0.25, 0.3) is 0 Å². The number of rotatable bonds is 6. The molecule has 0 radical (unpaired) electrons. The second-order valence-electron chi connectivity index (χ2n) is 5.46. The summed E-state index contributed by atoms with van der Waals surface area (Å²) in [6.45, 7) is 2.23. The van der Waals surface area contributed by atoms with Gasteiger partial charge in [-0.3, -0.25) is 0 Å². The number of benzene rings is 2. The van der Waals surface area contributed by atoms with Gasteiger partial charge in [-0.15, -0.1) is 0 Å². The van der Waals surface area contributed by atoms with E-state index in [2.05, 4.69) is 17.4 Å². The Bertz CT molecular complexity index is 578. The Morgan fingerprint density at radius 1 is 0.955 bits per heavy atom. The SMILES string of the molecule is C[C@H](CCc1ccccc1)NCc1ccccc1C(F)(F)F. The van der Waals surface area contributed by atoms with Gasteiger partial charge in [0.1, 0.15) is 0 Å². The van der Waals surface area contributed by atoms with E-state index in [1.54, 1.807) is 6.07 Å². The molecule has 4 heteroatoms. The average molecular weight is 307 g/mol. The first-order chi connectivity index (χ1) is 10.5. The van der Waals surface area contributed by atoms with Crippen molar-refractivity contribution in [2.45, 2.75) is 38.5 Å². The molecule has 0 bridgehead atoms. The molecule has 1 nitrogen and oxygen atoms in total. The van der Waals surface area contributed by atoms with Crippen molar-refractivity contribution in [2.24, 2.45) is 0 Å². The van der Waals surface area contributed by atoms with Gasteiger partial charge in [0.05, 0.1) is 5.56 Å². The molecule has 0 amide bonds. The normalized spacial score (nSPS) is 13.1. The van der Waals surface area contributed by atoms with Crippen LogP contribution < -0.4 is 5.32 Å². The summed E-state index contributed by atoms with van der Waals surface area (Å²) in [7, 11) is 0. The Balaban J connectivity index is 1.88.